The maximum absolute atomic E-state index is 10.6. The summed E-state index contributed by atoms with van der Waals surface area (Å²) in [6.07, 6.45) is -7.77. The molecule has 4 aliphatic heterocycles. The Morgan fingerprint density at radius 1 is 1.18 bits per heavy atom. The van der Waals surface area contributed by atoms with Crippen LogP contribution >= 0.6 is 0 Å². The molecule has 4 bridgehead atoms. The van der Waals surface area contributed by atoms with E-state index in [9.17, 15) is 30.6 Å². The first kappa shape index (κ1) is 14.5. The fraction of sp³-hybridized carbons (Fsp3) is 0.909. The molecule has 5 rings (SSSR count). The minimum atomic E-state index is -2.52. The number of nitrogens with two attached hydrogens (primary N) is 1. The van der Waals surface area contributed by atoms with Gasteiger partial charge in [-0.05, 0) is 0 Å². The minimum Gasteiger partial charge on any atom is -0.393 e. The monoisotopic (exact) mass is 319 g/mol. The van der Waals surface area contributed by atoms with Crippen molar-refractivity contribution in [3.8, 4) is 0 Å². The van der Waals surface area contributed by atoms with Crippen molar-refractivity contribution in [2.24, 2.45) is 16.6 Å². The van der Waals surface area contributed by atoms with Crippen LogP contribution in [0.5, 0.6) is 0 Å². The van der Waals surface area contributed by atoms with Crippen LogP contribution in [0.4, 0.5) is 0 Å². The number of nitrogens with one attached hydrogen (secondary N) is 1. The summed E-state index contributed by atoms with van der Waals surface area (Å²) in [5.74, 6) is -3.95. The van der Waals surface area contributed by atoms with E-state index in [1.165, 1.54) is 0 Å². The van der Waals surface area contributed by atoms with Gasteiger partial charge in [0, 0.05) is 0 Å². The second-order valence-corrected chi connectivity index (χ2v) is 6.22. The highest BCUT2D eigenvalue weighted by atomic mass is 16.9. The van der Waals surface area contributed by atoms with Crippen LogP contribution in [-0.2, 0) is 9.47 Å². The molecule has 1 saturated carbocycles. The van der Waals surface area contributed by atoms with Crippen LogP contribution in [0.3, 0.4) is 0 Å². The van der Waals surface area contributed by atoms with E-state index in [0.29, 0.717) is 0 Å². The summed E-state index contributed by atoms with van der Waals surface area (Å²) >= 11 is 0. The number of hydrogen-bond acceptors (Lipinski definition) is 11. The lowest BCUT2D eigenvalue weighted by Gasteiger charge is -2.71. The van der Waals surface area contributed by atoms with E-state index in [0.717, 1.165) is 0 Å². The van der Waals surface area contributed by atoms with Crippen LogP contribution in [0.25, 0.3) is 0 Å². The summed E-state index contributed by atoms with van der Waals surface area (Å²) in [5, 5.41) is 64.3. The Balaban J connectivity index is 1.95. The number of nitrogens with zero attached hydrogens (tertiary/aromatic N) is 1. The Morgan fingerprint density at radius 3 is 2.45 bits per heavy atom. The van der Waals surface area contributed by atoms with E-state index < -0.39 is 60.3 Å². The normalized spacial score (nSPS) is 62.4. The number of hydrogen-bond donors (Lipinski definition) is 8. The average Bonchev–Trinajstić information content (AvgIpc) is 2.45. The maximum atomic E-state index is 10.6. The van der Waals surface area contributed by atoms with Gasteiger partial charge < -0.3 is 51.2 Å². The molecule has 1 aliphatic carbocycles. The molecule has 0 aromatic carbocycles. The molecular formula is C11H17N3O8. The molecule has 124 valence electrons. The Hall–Kier alpha value is -1.05. The van der Waals surface area contributed by atoms with Crippen LogP contribution in [0.1, 0.15) is 0 Å². The van der Waals surface area contributed by atoms with E-state index in [1.807, 2.05) is 0 Å². The van der Waals surface area contributed by atoms with Crippen molar-refractivity contribution < 1.29 is 40.1 Å². The molecule has 9 N–H and O–H groups in total. The van der Waals surface area contributed by atoms with Crippen molar-refractivity contribution in [3.05, 3.63) is 0 Å². The summed E-state index contributed by atoms with van der Waals surface area (Å²) in [7, 11) is 0. The summed E-state index contributed by atoms with van der Waals surface area (Å²) in [4.78, 5) is 3.70. The molecule has 0 aromatic heterocycles. The van der Waals surface area contributed by atoms with Crippen molar-refractivity contribution >= 4 is 5.96 Å². The molecule has 5 aliphatic rings. The van der Waals surface area contributed by atoms with E-state index >= 15 is 0 Å². The van der Waals surface area contributed by atoms with E-state index in [-0.39, 0.29) is 5.96 Å². The summed E-state index contributed by atoms with van der Waals surface area (Å²) < 4.78 is 10.3. The molecule has 0 radical (unpaired) electrons. The zero-order valence-corrected chi connectivity index (χ0v) is 11.2. The first-order valence-electron chi connectivity index (χ1n) is 6.77. The molecule has 9 atom stereocenters. The van der Waals surface area contributed by atoms with E-state index in [1.54, 1.807) is 0 Å². The Labute approximate surface area is 123 Å². The molecule has 11 heteroatoms. The van der Waals surface area contributed by atoms with Gasteiger partial charge in [-0.1, -0.05) is 0 Å². The number of guanidine groups is 1. The Bertz CT molecular complexity index is 561. The van der Waals surface area contributed by atoms with Crippen LogP contribution in [0.15, 0.2) is 4.99 Å². The van der Waals surface area contributed by atoms with E-state index in [2.05, 4.69) is 10.3 Å². The van der Waals surface area contributed by atoms with Gasteiger partial charge in [0.15, 0.2) is 18.3 Å². The topological polar surface area (TPSA) is 190 Å². The minimum absolute atomic E-state index is 0.250. The highest BCUT2D eigenvalue weighted by Crippen LogP contribution is 2.58. The third-order valence-corrected chi connectivity index (χ3v) is 5.22. The molecule has 4 fully saturated rings. The van der Waals surface area contributed by atoms with Gasteiger partial charge in [-0.2, -0.15) is 0 Å². The predicted molar refractivity (Wildman–Crippen MR) is 65.7 cm³/mol. The van der Waals surface area contributed by atoms with Crippen LogP contribution in [0.2, 0.25) is 0 Å². The van der Waals surface area contributed by atoms with Crippen molar-refractivity contribution in [1.82, 2.24) is 5.32 Å². The molecule has 4 heterocycles. The third kappa shape index (κ3) is 1.28. The smallest absolute Gasteiger partial charge is 0.311 e. The number of ether oxygens (including phenoxy) is 2. The maximum Gasteiger partial charge on any atom is 0.311 e. The molecule has 22 heavy (non-hydrogen) atoms. The SMILES string of the molecule is NC1=N[C@H](O)C2[C@H]3O[C@]4(O)O[C@@H](C(O)[C@@]2(N1)[C@@H]4O)[C@@]3(O)CO. The first-order chi connectivity index (χ1) is 10.2. The van der Waals surface area contributed by atoms with Crippen molar-refractivity contribution in [2.75, 3.05) is 6.61 Å². The summed E-state index contributed by atoms with van der Waals surface area (Å²) in [6, 6.07) is 0. The second-order valence-electron chi connectivity index (χ2n) is 6.22. The second kappa shape index (κ2) is 3.88. The fourth-order valence-corrected chi connectivity index (χ4v) is 4.24. The lowest BCUT2D eigenvalue weighted by Crippen LogP contribution is -2.95. The zero-order valence-electron chi connectivity index (χ0n) is 11.2. The first-order valence-corrected chi connectivity index (χ1v) is 6.77. The molecule has 0 aromatic rings. The lowest BCUT2D eigenvalue weighted by molar-refractivity contribution is -0.548. The van der Waals surface area contributed by atoms with Gasteiger partial charge >= 0.3 is 5.97 Å². The quantitative estimate of drug-likeness (QED) is 0.231. The summed E-state index contributed by atoms with van der Waals surface area (Å²) in [6.45, 7) is -0.857. The molecule has 2 unspecified atom stereocenters. The average molecular weight is 319 g/mol. The van der Waals surface area contributed by atoms with E-state index in [4.69, 9.17) is 15.2 Å². The van der Waals surface area contributed by atoms with Crippen molar-refractivity contribution in [1.29, 1.82) is 0 Å². The molecule has 0 amide bonds. The van der Waals surface area contributed by atoms with Gasteiger partial charge in [0.05, 0.1) is 12.5 Å². The van der Waals surface area contributed by atoms with Crippen molar-refractivity contribution in [3.63, 3.8) is 0 Å². The highest BCUT2D eigenvalue weighted by Gasteiger charge is 2.82. The standard InChI is InChI=1S/C11H17N3O8/c12-8-13-6(17)2-4-9(19,1-15)5-3(16)10(2,14-8)7(18)11(20,21-4)22-5/h2-7,15-20H,1H2,(H3,12,13,14)/t2?,3?,4-,5+,6-,7+,9-,10-,11+/m1/s1. The van der Waals surface area contributed by atoms with Crippen LogP contribution in [0, 0.1) is 5.92 Å². The highest BCUT2D eigenvalue weighted by molar-refractivity contribution is 5.80. The Kier molecular flexibility index (Phi) is 2.57. The van der Waals surface area contributed by atoms with Crippen LogP contribution < -0.4 is 11.1 Å². The number of aliphatic hydroxyl groups is 6. The lowest BCUT2D eigenvalue weighted by atomic mass is 9.55. The fourth-order valence-electron chi connectivity index (χ4n) is 4.24. The van der Waals surface area contributed by atoms with Gasteiger partial charge in [0.25, 0.3) is 0 Å². The predicted octanol–water partition coefficient (Wildman–Crippen LogP) is -5.52. The third-order valence-electron chi connectivity index (χ3n) is 5.22. The molecule has 3 saturated heterocycles. The number of aliphatic imine (C=N–C) groups is 1. The van der Waals surface area contributed by atoms with Gasteiger partial charge in [0.2, 0.25) is 0 Å². The van der Waals surface area contributed by atoms with Gasteiger partial charge in [-0.3, -0.25) is 0 Å². The largest absolute Gasteiger partial charge is 0.393 e. The number of aliphatic hydroxyl groups excluding tert-OH is 4. The van der Waals surface area contributed by atoms with Crippen molar-refractivity contribution in [2.45, 2.75) is 47.8 Å². The zero-order chi connectivity index (χ0) is 16.1. The summed E-state index contributed by atoms with van der Waals surface area (Å²) in [5.41, 5.74) is 1.74. The van der Waals surface area contributed by atoms with Gasteiger partial charge in [-0.15, -0.1) is 0 Å². The van der Waals surface area contributed by atoms with Gasteiger partial charge in [-0.25, -0.2) is 4.99 Å². The Morgan fingerprint density at radius 2 is 1.82 bits per heavy atom. The molecular weight excluding hydrogens is 302 g/mol. The van der Waals surface area contributed by atoms with Crippen LogP contribution in [-0.4, -0.2) is 91.0 Å². The molecule has 1 spiro atoms. The molecule has 11 nitrogen and oxygen atoms in total. The van der Waals surface area contributed by atoms with Gasteiger partial charge in [0.1, 0.15) is 29.5 Å². The number of rotatable bonds is 1.